The summed E-state index contributed by atoms with van der Waals surface area (Å²) in [7, 11) is 0. The molecule has 2 atom stereocenters. The highest BCUT2D eigenvalue weighted by Gasteiger charge is 2.20. The molecule has 0 radical (unpaired) electrons. The number of thiol groups is 1. The summed E-state index contributed by atoms with van der Waals surface area (Å²) in [6.07, 6.45) is 1.87. The molecule has 1 saturated heterocycles. The minimum Gasteiger partial charge on any atom is -0.376 e. The minimum absolute atomic E-state index is 0.0253. The van der Waals surface area contributed by atoms with Gasteiger partial charge in [-0.2, -0.15) is 0 Å². The third-order valence-electron chi connectivity index (χ3n) is 1.45. The van der Waals surface area contributed by atoms with Gasteiger partial charge in [-0.3, -0.25) is 4.52 Å². The van der Waals surface area contributed by atoms with Gasteiger partial charge in [-0.1, -0.05) is 12.2 Å². The molecule has 6 heteroatoms. The van der Waals surface area contributed by atoms with Crippen molar-refractivity contribution in [2.75, 3.05) is 13.2 Å². The summed E-state index contributed by atoms with van der Waals surface area (Å²) in [6.45, 7) is -2.72. The number of ether oxygens (including phenoxy) is 1. The average Bonchev–Trinajstić information content (AvgIpc) is 2.32. The maximum atomic E-state index is 10.5. The van der Waals surface area contributed by atoms with Crippen molar-refractivity contribution < 1.29 is 18.7 Å². The first kappa shape index (κ1) is 9.55. The third-order valence-corrected chi connectivity index (χ3v) is 2.28. The first-order chi connectivity index (χ1) is 5.08. The van der Waals surface area contributed by atoms with Crippen molar-refractivity contribution in [1.82, 2.24) is 0 Å². The Morgan fingerprint density at radius 1 is 1.82 bits per heavy atom. The standard InChI is InChI=1S/C5H11O4PS/c6-10(7,11)9-4-5-2-1-3-8-5/h5H,1-4H2,(H2,6,7,11)/t5-/m0/s1. The third kappa shape index (κ3) is 4.13. The van der Waals surface area contributed by atoms with Gasteiger partial charge in [0.25, 0.3) is 0 Å². The second kappa shape index (κ2) is 3.92. The second-order valence-corrected chi connectivity index (χ2v) is 5.18. The SMILES string of the molecule is O=P(O)(S)OC[C@@H]1CCCO1. The lowest BCUT2D eigenvalue weighted by molar-refractivity contribution is 0.0657. The molecule has 1 heterocycles. The zero-order valence-corrected chi connectivity index (χ0v) is 7.76. The Kier molecular flexibility index (Phi) is 3.40. The molecular weight excluding hydrogens is 187 g/mol. The monoisotopic (exact) mass is 198 g/mol. The van der Waals surface area contributed by atoms with Crippen molar-refractivity contribution in [3.63, 3.8) is 0 Å². The van der Waals surface area contributed by atoms with E-state index in [1.807, 2.05) is 0 Å². The Hall–Kier alpha value is 0.460. The fourth-order valence-electron chi connectivity index (χ4n) is 0.956. The van der Waals surface area contributed by atoms with Crippen molar-refractivity contribution in [3.05, 3.63) is 0 Å². The van der Waals surface area contributed by atoms with Crippen LogP contribution >= 0.6 is 19.0 Å². The van der Waals surface area contributed by atoms with Crippen LogP contribution in [0.2, 0.25) is 0 Å². The molecule has 11 heavy (non-hydrogen) atoms. The van der Waals surface area contributed by atoms with Gasteiger partial charge >= 0.3 is 6.80 Å². The van der Waals surface area contributed by atoms with Crippen LogP contribution in [0.5, 0.6) is 0 Å². The summed E-state index contributed by atoms with van der Waals surface area (Å²) in [5.41, 5.74) is 0. The molecule has 1 rings (SSSR count). The largest absolute Gasteiger partial charge is 0.383 e. The van der Waals surface area contributed by atoms with Crippen LogP contribution in [-0.2, 0) is 13.8 Å². The molecule has 0 aromatic carbocycles. The molecule has 0 aliphatic carbocycles. The van der Waals surface area contributed by atoms with E-state index in [0.29, 0.717) is 0 Å². The van der Waals surface area contributed by atoms with Crippen LogP contribution in [-0.4, -0.2) is 24.2 Å². The average molecular weight is 198 g/mol. The van der Waals surface area contributed by atoms with Crippen LogP contribution in [0.25, 0.3) is 0 Å². The Labute approximate surface area is 70.6 Å². The summed E-state index contributed by atoms with van der Waals surface area (Å²) in [5, 5.41) is 0. The van der Waals surface area contributed by atoms with E-state index in [4.69, 9.17) is 9.63 Å². The lowest BCUT2D eigenvalue weighted by Crippen LogP contribution is -2.11. The van der Waals surface area contributed by atoms with Gasteiger partial charge in [0.2, 0.25) is 0 Å². The van der Waals surface area contributed by atoms with E-state index in [1.165, 1.54) is 0 Å². The molecule has 1 fully saturated rings. The molecule has 0 saturated carbocycles. The Morgan fingerprint density at radius 2 is 2.55 bits per heavy atom. The smallest absolute Gasteiger partial charge is 0.376 e. The molecular formula is C5H11O4PS. The lowest BCUT2D eigenvalue weighted by atomic mass is 10.2. The van der Waals surface area contributed by atoms with E-state index in [1.54, 1.807) is 0 Å². The second-order valence-electron chi connectivity index (χ2n) is 2.42. The molecule has 4 nitrogen and oxygen atoms in total. The topological polar surface area (TPSA) is 55.8 Å². The van der Waals surface area contributed by atoms with E-state index in [0.717, 1.165) is 19.4 Å². The normalized spacial score (nSPS) is 30.2. The van der Waals surface area contributed by atoms with E-state index in [-0.39, 0.29) is 12.7 Å². The summed E-state index contributed by atoms with van der Waals surface area (Å²) < 4.78 is 20.2. The van der Waals surface area contributed by atoms with Gasteiger partial charge in [-0.05, 0) is 12.8 Å². The first-order valence-corrected chi connectivity index (χ1v) is 6.12. The zero-order valence-electron chi connectivity index (χ0n) is 5.97. The maximum absolute atomic E-state index is 10.5. The van der Waals surface area contributed by atoms with Crippen LogP contribution in [0.15, 0.2) is 0 Å². The first-order valence-electron chi connectivity index (χ1n) is 3.39. The molecule has 1 unspecified atom stereocenters. The summed E-state index contributed by atoms with van der Waals surface area (Å²) in [6, 6.07) is 0. The van der Waals surface area contributed by atoms with Crippen molar-refractivity contribution in [2.24, 2.45) is 0 Å². The number of hydrogen-bond acceptors (Lipinski definition) is 3. The highest BCUT2D eigenvalue weighted by Crippen LogP contribution is 2.47. The lowest BCUT2D eigenvalue weighted by Gasteiger charge is -2.10. The van der Waals surface area contributed by atoms with Gasteiger partial charge < -0.3 is 9.63 Å². The molecule has 0 bridgehead atoms. The predicted octanol–water partition coefficient (Wildman–Crippen LogP) is 1.21. The molecule has 66 valence electrons. The van der Waals surface area contributed by atoms with Crippen LogP contribution in [0, 0.1) is 0 Å². The van der Waals surface area contributed by atoms with E-state index in [9.17, 15) is 4.57 Å². The van der Waals surface area contributed by atoms with E-state index >= 15 is 0 Å². The van der Waals surface area contributed by atoms with Crippen LogP contribution in [0.4, 0.5) is 0 Å². The fraction of sp³-hybridized carbons (Fsp3) is 1.00. The van der Waals surface area contributed by atoms with Crippen molar-refractivity contribution in [1.29, 1.82) is 0 Å². The summed E-state index contributed by atoms with van der Waals surface area (Å²) >= 11 is 3.36. The van der Waals surface area contributed by atoms with Gasteiger partial charge in [0, 0.05) is 6.61 Å². The van der Waals surface area contributed by atoms with Gasteiger partial charge in [-0.25, -0.2) is 4.57 Å². The predicted molar refractivity (Wildman–Crippen MR) is 43.7 cm³/mol. The summed E-state index contributed by atoms with van der Waals surface area (Å²) in [5.74, 6) is 0. The molecule has 0 spiro atoms. The van der Waals surface area contributed by atoms with Gasteiger partial charge in [0.05, 0.1) is 12.7 Å². The zero-order chi connectivity index (χ0) is 8.32. The molecule has 1 aliphatic heterocycles. The molecule has 0 aromatic rings. The molecule has 0 amide bonds. The highest BCUT2D eigenvalue weighted by atomic mass is 32.7. The molecule has 1 N–H and O–H groups in total. The van der Waals surface area contributed by atoms with Crippen LogP contribution in [0.3, 0.4) is 0 Å². The minimum atomic E-state index is -3.60. The van der Waals surface area contributed by atoms with Crippen LogP contribution < -0.4 is 0 Å². The summed E-state index contributed by atoms with van der Waals surface area (Å²) in [4.78, 5) is 8.62. The Bertz CT molecular complexity index is 162. The highest BCUT2D eigenvalue weighted by molar-refractivity contribution is 8.44. The van der Waals surface area contributed by atoms with Gasteiger partial charge in [0.15, 0.2) is 0 Å². The molecule has 0 aromatic heterocycles. The van der Waals surface area contributed by atoms with Crippen molar-refractivity contribution in [3.8, 4) is 0 Å². The Balaban J connectivity index is 2.16. The number of hydrogen-bond donors (Lipinski definition) is 2. The van der Waals surface area contributed by atoms with Gasteiger partial charge in [0.1, 0.15) is 0 Å². The molecule has 1 aliphatic rings. The maximum Gasteiger partial charge on any atom is 0.383 e. The van der Waals surface area contributed by atoms with Crippen molar-refractivity contribution in [2.45, 2.75) is 18.9 Å². The van der Waals surface area contributed by atoms with E-state index < -0.39 is 6.80 Å². The number of rotatable bonds is 3. The Morgan fingerprint density at radius 3 is 3.00 bits per heavy atom. The van der Waals surface area contributed by atoms with Gasteiger partial charge in [-0.15, -0.1) is 0 Å². The quantitative estimate of drug-likeness (QED) is 0.528. The van der Waals surface area contributed by atoms with Crippen LogP contribution in [0.1, 0.15) is 12.8 Å². The fourth-order valence-corrected chi connectivity index (χ4v) is 1.52. The van der Waals surface area contributed by atoms with Crippen molar-refractivity contribution >= 4 is 19.0 Å². The van der Waals surface area contributed by atoms with E-state index in [2.05, 4.69) is 16.8 Å².